The number of rotatable bonds is 3. The van der Waals surface area contributed by atoms with Gasteiger partial charge in [-0.2, -0.15) is 5.10 Å². The first-order chi connectivity index (χ1) is 8.91. The topological polar surface area (TPSA) is 87.0 Å². The van der Waals surface area contributed by atoms with Gasteiger partial charge in [0, 0.05) is 10.4 Å². The minimum Gasteiger partial charge on any atom is -0.378 e. The standard InChI is InChI=1S/C12H13BrN4O2/c1-7(2)10-11(17(18)19)12(14)16(15-10)9-5-3-8(13)4-6-9/h3-7H,14H2,1-2H3. The monoisotopic (exact) mass is 324 g/mol. The minimum absolute atomic E-state index is 0.0519. The van der Waals surface area contributed by atoms with Crippen LogP contribution in [-0.2, 0) is 0 Å². The molecule has 0 aliphatic heterocycles. The van der Waals surface area contributed by atoms with E-state index in [1.807, 2.05) is 26.0 Å². The molecule has 0 bridgehead atoms. The molecule has 0 atom stereocenters. The van der Waals surface area contributed by atoms with E-state index in [2.05, 4.69) is 21.0 Å². The summed E-state index contributed by atoms with van der Waals surface area (Å²) in [5.74, 6) is -0.0181. The van der Waals surface area contributed by atoms with Gasteiger partial charge in [-0.15, -0.1) is 0 Å². The van der Waals surface area contributed by atoms with Gasteiger partial charge >= 0.3 is 5.69 Å². The van der Waals surface area contributed by atoms with E-state index in [9.17, 15) is 10.1 Å². The highest BCUT2D eigenvalue weighted by Gasteiger charge is 2.28. The van der Waals surface area contributed by atoms with Crippen molar-refractivity contribution in [3.63, 3.8) is 0 Å². The lowest BCUT2D eigenvalue weighted by Gasteiger charge is -2.02. The number of hydrogen-bond acceptors (Lipinski definition) is 4. The van der Waals surface area contributed by atoms with Crippen LogP contribution in [0, 0.1) is 10.1 Å². The molecule has 1 aromatic carbocycles. The predicted octanol–water partition coefficient (Wildman–Crippen LogP) is 3.25. The Bertz CT molecular complexity index is 619. The van der Waals surface area contributed by atoms with E-state index in [0.717, 1.165) is 4.47 Å². The van der Waals surface area contributed by atoms with Crippen LogP contribution >= 0.6 is 15.9 Å². The largest absolute Gasteiger partial charge is 0.378 e. The summed E-state index contributed by atoms with van der Waals surface area (Å²) in [6, 6.07) is 7.25. The quantitative estimate of drug-likeness (QED) is 0.693. The lowest BCUT2D eigenvalue weighted by atomic mass is 10.1. The van der Waals surface area contributed by atoms with Crippen molar-refractivity contribution in [2.24, 2.45) is 0 Å². The van der Waals surface area contributed by atoms with Crippen LogP contribution < -0.4 is 5.73 Å². The molecular formula is C12H13BrN4O2. The number of nitrogen functional groups attached to an aromatic ring is 1. The molecular weight excluding hydrogens is 312 g/mol. The fraction of sp³-hybridized carbons (Fsp3) is 0.250. The summed E-state index contributed by atoms with van der Waals surface area (Å²) < 4.78 is 2.32. The first-order valence-electron chi connectivity index (χ1n) is 5.70. The molecule has 0 aliphatic rings. The third kappa shape index (κ3) is 2.46. The third-order valence-electron chi connectivity index (χ3n) is 2.72. The molecule has 0 spiro atoms. The number of nitrogens with two attached hydrogens (primary N) is 1. The van der Waals surface area contributed by atoms with Gasteiger partial charge in [-0.05, 0) is 24.3 Å². The zero-order valence-corrected chi connectivity index (χ0v) is 12.1. The van der Waals surface area contributed by atoms with Gasteiger partial charge in [-0.1, -0.05) is 29.8 Å². The van der Waals surface area contributed by atoms with E-state index in [1.54, 1.807) is 12.1 Å². The lowest BCUT2D eigenvalue weighted by molar-refractivity contribution is -0.384. The first-order valence-corrected chi connectivity index (χ1v) is 6.49. The Balaban J connectivity index is 2.62. The number of benzene rings is 1. The van der Waals surface area contributed by atoms with Gasteiger partial charge in [0.25, 0.3) is 0 Å². The van der Waals surface area contributed by atoms with Crippen LogP contribution in [-0.4, -0.2) is 14.7 Å². The van der Waals surface area contributed by atoms with Gasteiger partial charge in [0.1, 0.15) is 5.69 Å². The predicted molar refractivity (Wildman–Crippen MR) is 76.4 cm³/mol. The lowest BCUT2D eigenvalue weighted by Crippen LogP contribution is -2.02. The van der Waals surface area contributed by atoms with E-state index in [4.69, 9.17) is 5.73 Å². The van der Waals surface area contributed by atoms with Crippen LogP contribution in [0.1, 0.15) is 25.5 Å². The fourth-order valence-electron chi connectivity index (χ4n) is 1.80. The molecule has 2 aromatic rings. The maximum absolute atomic E-state index is 11.1. The normalized spacial score (nSPS) is 10.9. The van der Waals surface area contributed by atoms with Crippen molar-refractivity contribution >= 4 is 27.4 Å². The SMILES string of the molecule is CC(C)c1nn(-c2ccc(Br)cc2)c(N)c1[N+](=O)[O-]. The third-order valence-corrected chi connectivity index (χ3v) is 3.25. The first kappa shape index (κ1) is 13.5. The van der Waals surface area contributed by atoms with Gasteiger partial charge in [0.2, 0.25) is 5.82 Å². The molecule has 100 valence electrons. The van der Waals surface area contributed by atoms with Crippen LogP contribution in [0.5, 0.6) is 0 Å². The second kappa shape index (κ2) is 5.00. The number of halogens is 1. The molecule has 0 unspecified atom stereocenters. The number of nitrogens with zero attached hydrogens (tertiary/aromatic N) is 3. The smallest absolute Gasteiger partial charge is 0.334 e. The molecule has 19 heavy (non-hydrogen) atoms. The average molecular weight is 325 g/mol. The fourth-order valence-corrected chi connectivity index (χ4v) is 2.06. The second-order valence-corrected chi connectivity index (χ2v) is 5.33. The maximum atomic E-state index is 11.1. The van der Waals surface area contributed by atoms with Gasteiger partial charge in [0.15, 0.2) is 0 Å². The molecule has 0 radical (unpaired) electrons. The van der Waals surface area contributed by atoms with E-state index in [1.165, 1.54) is 4.68 Å². The number of aromatic nitrogens is 2. The Morgan fingerprint density at radius 3 is 2.37 bits per heavy atom. The summed E-state index contributed by atoms with van der Waals surface area (Å²) >= 11 is 3.33. The number of nitro groups is 1. The van der Waals surface area contributed by atoms with Crippen molar-refractivity contribution in [1.29, 1.82) is 0 Å². The Labute approximate surface area is 118 Å². The number of anilines is 1. The van der Waals surface area contributed by atoms with Gasteiger partial charge in [0.05, 0.1) is 10.6 Å². The maximum Gasteiger partial charge on any atom is 0.334 e. The summed E-state index contributed by atoms with van der Waals surface area (Å²) in [6.07, 6.45) is 0. The summed E-state index contributed by atoms with van der Waals surface area (Å²) in [7, 11) is 0. The summed E-state index contributed by atoms with van der Waals surface area (Å²) in [4.78, 5) is 10.6. The van der Waals surface area contributed by atoms with E-state index < -0.39 is 4.92 Å². The summed E-state index contributed by atoms with van der Waals surface area (Å²) in [6.45, 7) is 3.70. The Morgan fingerprint density at radius 2 is 1.95 bits per heavy atom. The molecule has 6 nitrogen and oxygen atoms in total. The zero-order valence-electron chi connectivity index (χ0n) is 10.5. The average Bonchev–Trinajstić information content (AvgIpc) is 2.68. The van der Waals surface area contributed by atoms with E-state index >= 15 is 0 Å². The second-order valence-electron chi connectivity index (χ2n) is 4.42. The van der Waals surface area contributed by atoms with Crippen molar-refractivity contribution < 1.29 is 4.92 Å². The minimum atomic E-state index is -0.479. The zero-order chi connectivity index (χ0) is 14.2. The Kier molecular flexibility index (Phi) is 3.57. The molecule has 2 rings (SSSR count). The Hall–Kier alpha value is -1.89. The van der Waals surface area contributed by atoms with Gasteiger partial charge in [-0.25, -0.2) is 4.68 Å². The van der Waals surface area contributed by atoms with E-state index in [0.29, 0.717) is 11.4 Å². The molecule has 2 N–H and O–H groups in total. The summed E-state index contributed by atoms with van der Waals surface area (Å²) in [5, 5.41) is 15.4. The molecule has 1 heterocycles. The number of hydrogen-bond donors (Lipinski definition) is 1. The van der Waals surface area contributed by atoms with Crippen LogP contribution in [0.25, 0.3) is 5.69 Å². The van der Waals surface area contributed by atoms with Crippen molar-refractivity contribution in [3.05, 3.63) is 44.5 Å². The highest BCUT2D eigenvalue weighted by molar-refractivity contribution is 9.10. The van der Waals surface area contributed by atoms with Gasteiger partial charge < -0.3 is 5.73 Å². The van der Waals surface area contributed by atoms with Gasteiger partial charge in [-0.3, -0.25) is 10.1 Å². The van der Waals surface area contributed by atoms with Crippen molar-refractivity contribution in [2.75, 3.05) is 5.73 Å². The molecule has 0 aliphatic carbocycles. The van der Waals surface area contributed by atoms with Crippen LogP contribution in [0.15, 0.2) is 28.7 Å². The molecule has 1 aromatic heterocycles. The van der Waals surface area contributed by atoms with Crippen molar-refractivity contribution in [2.45, 2.75) is 19.8 Å². The molecule has 7 heteroatoms. The molecule has 0 amide bonds. The van der Waals surface area contributed by atoms with Crippen LogP contribution in [0.2, 0.25) is 0 Å². The summed E-state index contributed by atoms with van der Waals surface area (Å²) in [5.41, 5.74) is 6.83. The molecule has 0 fully saturated rings. The van der Waals surface area contributed by atoms with Crippen LogP contribution in [0.4, 0.5) is 11.5 Å². The Morgan fingerprint density at radius 1 is 1.37 bits per heavy atom. The molecule has 0 saturated heterocycles. The van der Waals surface area contributed by atoms with Crippen LogP contribution in [0.3, 0.4) is 0 Å². The molecule has 0 saturated carbocycles. The van der Waals surface area contributed by atoms with Crippen molar-refractivity contribution in [3.8, 4) is 5.69 Å². The van der Waals surface area contributed by atoms with E-state index in [-0.39, 0.29) is 17.4 Å². The van der Waals surface area contributed by atoms with Crippen molar-refractivity contribution in [1.82, 2.24) is 9.78 Å². The highest BCUT2D eigenvalue weighted by Crippen LogP contribution is 2.33. The highest BCUT2D eigenvalue weighted by atomic mass is 79.9.